The van der Waals surface area contributed by atoms with Gasteiger partial charge in [-0.1, -0.05) is 47.0 Å². The van der Waals surface area contributed by atoms with E-state index in [0.29, 0.717) is 11.3 Å². The topological polar surface area (TPSA) is 9.23 Å². The van der Waals surface area contributed by atoms with Crippen LogP contribution >= 0.6 is 22.6 Å². The Morgan fingerprint density at radius 1 is 1.29 bits per heavy atom. The summed E-state index contributed by atoms with van der Waals surface area (Å²) >= 11 is 2.34. The van der Waals surface area contributed by atoms with Gasteiger partial charge >= 0.3 is 0 Å². The van der Waals surface area contributed by atoms with Gasteiger partial charge in [0, 0.05) is 0 Å². The van der Waals surface area contributed by atoms with E-state index in [2.05, 4.69) is 69.5 Å². The lowest BCUT2D eigenvalue weighted by Gasteiger charge is -2.28. The summed E-state index contributed by atoms with van der Waals surface area (Å²) in [7, 11) is -0.624. The molecule has 0 bridgehead atoms. The quantitative estimate of drug-likeness (QED) is 0.240. The Morgan fingerprint density at radius 2 is 1.88 bits per heavy atom. The van der Waals surface area contributed by atoms with Crippen molar-refractivity contribution in [2.45, 2.75) is 66.5 Å². The van der Waals surface area contributed by atoms with E-state index in [1.165, 1.54) is 25.7 Å². The summed E-state index contributed by atoms with van der Waals surface area (Å²) in [4.78, 5) is 0. The standard InChI is InChI=1S/C14H28IOSi/c1-7-8-9-10-12(14(2,3)4)11-13(15)16-17(5)6/h11-12H,7-10H2,1-6H3/t12-/m0/s1. The van der Waals surface area contributed by atoms with Gasteiger partial charge in [-0.3, -0.25) is 0 Å². The molecule has 0 aliphatic rings. The monoisotopic (exact) mass is 367 g/mol. The van der Waals surface area contributed by atoms with Gasteiger partial charge in [-0.25, -0.2) is 0 Å². The first-order valence-corrected chi connectivity index (χ1v) is 10.1. The minimum absolute atomic E-state index is 0.335. The molecule has 0 aromatic heterocycles. The summed E-state index contributed by atoms with van der Waals surface area (Å²) in [5.41, 5.74) is 0.335. The van der Waals surface area contributed by atoms with Crippen molar-refractivity contribution in [1.29, 1.82) is 0 Å². The number of hydrogen-bond acceptors (Lipinski definition) is 1. The van der Waals surface area contributed by atoms with Gasteiger partial charge in [0.15, 0.2) is 0 Å². The molecular weight excluding hydrogens is 339 g/mol. The average molecular weight is 367 g/mol. The molecule has 0 amide bonds. The molecule has 0 fully saturated rings. The van der Waals surface area contributed by atoms with E-state index >= 15 is 0 Å². The normalized spacial score (nSPS) is 15.2. The molecule has 1 radical (unpaired) electrons. The third-order valence-electron chi connectivity index (χ3n) is 2.86. The van der Waals surface area contributed by atoms with Gasteiger partial charge in [0.05, 0.1) is 0 Å². The van der Waals surface area contributed by atoms with E-state index in [1.54, 1.807) is 0 Å². The maximum absolute atomic E-state index is 5.83. The second kappa shape index (κ2) is 8.56. The maximum atomic E-state index is 5.83. The predicted octanol–water partition coefficient (Wildman–Crippen LogP) is 5.77. The van der Waals surface area contributed by atoms with Crippen molar-refractivity contribution in [3.05, 3.63) is 9.84 Å². The first-order chi connectivity index (χ1) is 7.77. The largest absolute Gasteiger partial charge is 0.539 e. The first-order valence-electron chi connectivity index (χ1n) is 6.62. The summed E-state index contributed by atoms with van der Waals surface area (Å²) < 4.78 is 6.93. The molecule has 0 saturated heterocycles. The van der Waals surface area contributed by atoms with E-state index in [-0.39, 0.29) is 0 Å². The third-order valence-corrected chi connectivity index (χ3v) is 4.49. The lowest BCUT2D eigenvalue weighted by molar-refractivity contribution is 0.267. The van der Waals surface area contributed by atoms with Crippen molar-refractivity contribution in [2.24, 2.45) is 11.3 Å². The number of rotatable bonds is 7. The van der Waals surface area contributed by atoms with Crippen molar-refractivity contribution in [1.82, 2.24) is 0 Å². The first kappa shape index (κ1) is 17.5. The van der Waals surface area contributed by atoms with Crippen LogP contribution in [0.5, 0.6) is 0 Å². The fourth-order valence-electron chi connectivity index (χ4n) is 1.77. The maximum Gasteiger partial charge on any atom is 0.274 e. The Kier molecular flexibility index (Phi) is 8.81. The van der Waals surface area contributed by atoms with Gasteiger partial charge in [-0.15, -0.1) is 0 Å². The summed E-state index contributed by atoms with van der Waals surface area (Å²) in [6.07, 6.45) is 7.59. The van der Waals surface area contributed by atoms with Crippen LogP contribution in [0.1, 0.15) is 53.4 Å². The number of halogens is 1. The highest BCUT2D eigenvalue weighted by atomic mass is 127. The van der Waals surface area contributed by atoms with Gasteiger partial charge in [0.2, 0.25) is 0 Å². The molecule has 0 rings (SSSR count). The Morgan fingerprint density at radius 3 is 2.29 bits per heavy atom. The molecule has 17 heavy (non-hydrogen) atoms. The number of hydrogen-bond donors (Lipinski definition) is 0. The molecule has 1 atom stereocenters. The summed E-state index contributed by atoms with van der Waals surface area (Å²) in [5.74, 6) is 0.627. The molecule has 0 saturated carbocycles. The minimum atomic E-state index is -0.624. The van der Waals surface area contributed by atoms with Gasteiger partial charge in [-0.2, -0.15) is 0 Å². The van der Waals surface area contributed by atoms with Crippen molar-refractivity contribution in [2.75, 3.05) is 0 Å². The van der Waals surface area contributed by atoms with E-state index in [4.69, 9.17) is 4.43 Å². The van der Waals surface area contributed by atoms with Crippen LogP contribution in [0.4, 0.5) is 0 Å². The van der Waals surface area contributed by atoms with E-state index in [9.17, 15) is 0 Å². The smallest absolute Gasteiger partial charge is 0.274 e. The Bertz CT molecular complexity index is 231. The lowest BCUT2D eigenvalue weighted by atomic mass is 9.78. The SMILES string of the molecule is CCCCC[C@@H](C=C(I)O[Si](C)C)C(C)(C)C. The zero-order valence-electron chi connectivity index (χ0n) is 12.3. The highest BCUT2D eigenvalue weighted by Crippen LogP contribution is 2.33. The van der Waals surface area contributed by atoms with E-state index in [1.807, 2.05) is 0 Å². The van der Waals surface area contributed by atoms with Crippen LogP contribution in [0.2, 0.25) is 13.1 Å². The Hall–Kier alpha value is 0.487. The highest BCUT2D eigenvalue weighted by molar-refractivity contribution is 14.1. The fraction of sp³-hybridized carbons (Fsp3) is 0.857. The van der Waals surface area contributed by atoms with Crippen LogP contribution in [-0.2, 0) is 4.43 Å². The van der Waals surface area contributed by atoms with Crippen LogP contribution < -0.4 is 0 Å². The second-order valence-corrected chi connectivity index (χ2v) is 9.03. The molecule has 0 aromatic carbocycles. The molecular formula is C14H28IOSi. The molecule has 0 N–H and O–H groups in total. The Balaban J connectivity index is 4.48. The molecule has 1 nitrogen and oxygen atoms in total. The number of allylic oxidation sites excluding steroid dienone is 1. The summed E-state index contributed by atoms with van der Waals surface area (Å²) in [5, 5.41) is 0. The third kappa shape index (κ3) is 9.11. The Labute approximate surface area is 123 Å². The van der Waals surface area contributed by atoms with Crippen LogP contribution in [0.25, 0.3) is 0 Å². The van der Waals surface area contributed by atoms with Crippen LogP contribution in [0.3, 0.4) is 0 Å². The minimum Gasteiger partial charge on any atom is -0.539 e. The number of unbranched alkanes of at least 4 members (excludes halogenated alkanes) is 2. The van der Waals surface area contributed by atoms with Crippen molar-refractivity contribution < 1.29 is 4.43 Å². The summed E-state index contributed by atoms with van der Waals surface area (Å²) in [6, 6.07) is 0. The molecule has 0 aromatic rings. The lowest BCUT2D eigenvalue weighted by Crippen LogP contribution is -2.19. The fourth-order valence-corrected chi connectivity index (χ4v) is 3.98. The van der Waals surface area contributed by atoms with Gasteiger partial charge in [0.1, 0.15) is 3.77 Å². The van der Waals surface area contributed by atoms with Crippen molar-refractivity contribution >= 4 is 31.6 Å². The zero-order valence-corrected chi connectivity index (χ0v) is 15.4. The van der Waals surface area contributed by atoms with Crippen LogP contribution in [0.15, 0.2) is 9.84 Å². The predicted molar refractivity (Wildman–Crippen MR) is 87.8 cm³/mol. The van der Waals surface area contributed by atoms with Crippen LogP contribution in [-0.4, -0.2) is 9.04 Å². The van der Waals surface area contributed by atoms with Crippen LogP contribution in [0, 0.1) is 11.3 Å². The van der Waals surface area contributed by atoms with Crippen molar-refractivity contribution in [3.8, 4) is 0 Å². The molecule has 0 unspecified atom stereocenters. The second-order valence-electron chi connectivity index (χ2n) is 5.95. The average Bonchev–Trinajstić information content (AvgIpc) is 2.13. The van der Waals surface area contributed by atoms with E-state index in [0.717, 1.165) is 3.77 Å². The van der Waals surface area contributed by atoms with Gasteiger partial charge < -0.3 is 4.43 Å². The molecule has 0 aliphatic carbocycles. The molecule has 0 aliphatic heterocycles. The van der Waals surface area contributed by atoms with E-state index < -0.39 is 9.04 Å². The molecule has 0 spiro atoms. The van der Waals surface area contributed by atoms with Gasteiger partial charge in [-0.05, 0) is 59.5 Å². The highest BCUT2D eigenvalue weighted by Gasteiger charge is 2.22. The summed E-state index contributed by atoms with van der Waals surface area (Å²) in [6.45, 7) is 13.6. The molecule has 101 valence electrons. The molecule has 0 heterocycles. The van der Waals surface area contributed by atoms with Gasteiger partial charge in [0.25, 0.3) is 9.04 Å². The van der Waals surface area contributed by atoms with Crippen molar-refractivity contribution in [3.63, 3.8) is 0 Å². The molecule has 3 heteroatoms. The zero-order chi connectivity index (χ0) is 13.5.